The molecule has 3 aliphatic rings. The lowest BCUT2D eigenvalue weighted by atomic mass is 9.93. The molecule has 3 N–H and O–H groups in total. The summed E-state index contributed by atoms with van der Waals surface area (Å²) in [4.78, 5) is 17.7. The summed E-state index contributed by atoms with van der Waals surface area (Å²) in [5.74, 6) is -0.0995. The van der Waals surface area contributed by atoms with Crippen LogP contribution in [-0.4, -0.2) is 17.3 Å². The number of rotatable bonds is 5. The van der Waals surface area contributed by atoms with Crippen LogP contribution in [0.15, 0.2) is 32.6 Å². The number of aliphatic imine (C=N–C) groups is 1. The Balaban J connectivity index is 1.65. The summed E-state index contributed by atoms with van der Waals surface area (Å²) in [6, 6.07) is -0.707. The first-order valence-electron chi connectivity index (χ1n) is 11.7. The number of carbonyl (C=O) groups is 1. The molecule has 178 valence electrons. The zero-order valence-corrected chi connectivity index (χ0v) is 20.4. The van der Waals surface area contributed by atoms with Crippen LogP contribution in [0, 0.1) is 5.82 Å². The number of amides is 2. The van der Waals surface area contributed by atoms with Gasteiger partial charge < -0.3 is 19.6 Å². The van der Waals surface area contributed by atoms with Gasteiger partial charge in [0, 0.05) is 22.9 Å². The van der Waals surface area contributed by atoms with Crippen LogP contribution in [0.5, 0.6) is 0 Å². The zero-order chi connectivity index (χ0) is 23.8. The molecule has 0 aromatic heterocycles. The number of carbonyl (C=O) groups excluding carboxylic acids is 1. The van der Waals surface area contributed by atoms with E-state index in [-0.39, 0.29) is 22.2 Å². The molecule has 2 aliphatic carbocycles. The summed E-state index contributed by atoms with van der Waals surface area (Å²) >= 11 is 0. The third-order valence-electron chi connectivity index (χ3n) is 6.76. The molecule has 6 nitrogen and oxygen atoms in total. The molecule has 0 fully saturated rings. The summed E-state index contributed by atoms with van der Waals surface area (Å²) in [6.07, 6.45) is 11.5. The van der Waals surface area contributed by atoms with Gasteiger partial charge in [0.15, 0.2) is 0 Å². The molecular weight excluding hydrogens is 439 g/mol. The van der Waals surface area contributed by atoms with E-state index in [1.165, 1.54) is 6.20 Å². The smallest absolute Gasteiger partial charge is 0.322 e. The van der Waals surface area contributed by atoms with Gasteiger partial charge in [-0.2, -0.15) is 0 Å². The van der Waals surface area contributed by atoms with Gasteiger partial charge in [-0.25, -0.2) is 9.18 Å². The second-order valence-corrected chi connectivity index (χ2v) is 10.7. The van der Waals surface area contributed by atoms with Gasteiger partial charge in [-0.15, -0.1) is 10.6 Å². The van der Waals surface area contributed by atoms with Crippen LogP contribution in [0.3, 0.4) is 0 Å². The molecule has 33 heavy (non-hydrogen) atoms. The van der Waals surface area contributed by atoms with Gasteiger partial charge >= 0.3 is 6.03 Å². The molecule has 1 aromatic carbocycles. The second-order valence-electron chi connectivity index (χ2n) is 9.55. The number of benzene rings is 1. The molecule has 0 spiro atoms. The van der Waals surface area contributed by atoms with E-state index in [0.717, 1.165) is 36.8 Å². The molecule has 1 aromatic rings. The molecular formula is C25H32FN4O2S-. The van der Waals surface area contributed by atoms with Crippen LogP contribution in [0.25, 0.3) is 0 Å². The molecule has 0 radical (unpaired) electrons. The minimum absolute atomic E-state index is 0.0167. The van der Waals surface area contributed by atoms with Crippen LogP contribution in [0.1, 0.15) is 81.0 Å². The largest absolute Gasteiger partial charge is 0.439 e. The van der Waals surface area contributed by atoms with Crippen molar-refractivity contribution in [1.82, 2.24) is 0 Å². The van der Waals surface area contributed by atoms with E-state index >= 15 is 4.39 Å². The molecule has 4 rings (SSSR count). The number of urea groups is 1. The Bertz CT molecular complexity index is 1160. The van der Waals surface area contributed by atoms with E-state index in [9.17, 15) is 9.00 Å². The van der Waals surface area contributed by atoms with E-state index in [0.29, 0.717) is 48.2 Å². The fraction of sp³-hybridized carbons (Fsp3) is 0.520. The SMILES string of the molecule is CCC=CC1CCc2c(NC(=O)N=[S-](=O)C(=CN)C3=NC(C)(C)CC3)c3c(c(F)c21)CCC3. The number of nitrogens with two attached hydrogens (primary N) is 1. The average molecular weight is 472 g/mol. The van der Waals surface area contributed by atoms with Gasteiger partial charge in [-0.3, -0.25) is 4.99 Å². The van der Waals surface area contributed by atoms with Gasteiger partial charge in [-0.1, -0.05) is 24.0 Å². The normalized spacial score (nSPS) is 22.5. The molecule has 0 saturated carbocycles. The summed E-state index contributed by atoms with van der Waals surface area (Å²) in [6.45, 7) is 6.06. The minimum atomic E-state index is -1.96. The monoisotopic (exact) mass is 471 g/mol. The van der Waals surface area contributed by atoms with E-state index in [2.05, 4.69) is 33.7 Å². The van der Waals surface area contributed by atoms with Crippen molar-refractivity contribution in [3.63, 3.8) is 0 Å². The Kier molecular flexibility index (Phi) is 6.75. The van der Waals surface area contributed by atoms with Crippen molar-refractivity contribution in [2.45, 2.75) is 83.6 Å². The van der Waals surface area contributed by atoms with Crippen LogP contribution in [0.4, 0.5) is 14.9 Å². The summed E-state index contributed by atoms with van der Waals surface area (Å²) in [7, 11) is -1.96. The Hall–Kier alpha value is -2.48. The highest BCUT2D eigenvalue weighted by Crippen LogP contribution is 2.46. The predicted octanol–water partition coefficient (Wildman–Crippen LogP) is 5.80. The maximum absolute atomic E-state index is 15.4. The number of nitrogens with one attached hydrogen (secondary N) is 1. The second kappa shape index (κ2) is 9.41. The lowest BCUT2D eigenvalue weighted by Crippen LogP contribution is -2.14. The number of halogens is 1. The van der Waals surface area contributed by atoms with Crippen molar-refractivity contribution in [2.24, 2.45) is 15.1 Å². The Morgan fingerprint density at radius 1 is 1.27 bits per heavy atom. The lowest BCUT2D eigenvalue weighted by molar-refractivity contribution is 0.260. The van der Waals surface area contributed by atoms with Crippen molar-refractivity contribution >= 4 is 28.0 Å². The van der Waals surface area contributed by atoms with Crippen molar-refractivity contribution < 1.29 is 13.4 Å². The van der Waals surface area contributed by atoms with E-state index in [1.807, 2.05) is 13.8 Å². The average Bonchev–Trinajstić information content (AvgIpc) is 3.48. The number of hydrogen-bond acceptors (Lipinski definition) is 5. The Morgan fingerprint density at radius 3 is 2.70 bits per heavy atom. The van der Waals surface area contributed by atoms with Crippen molar-refractivity contribution in [3.05, 3.63) is 51.3 Å². The van der Waals surface area contributed by atoms with Crippen LogP contribution >= 0.6 is 0 Å². The van der Waals surface area contributed by atoms with Crippen molar-refractivity contribution in [1.29, 1.82) is 0 Å². The molecule has 1 atom stereocenters. The molecule has 0 bridgehead atoms. The Labute approximate surface area is 196 Å². The van der Waals surface area contributed by atoms with Gasteiger partial charge in [0.1, 0.15) is 5.82 Å². The molecule has 8 heteroatoms. The van der Waals surface area contributed by atoms with Crippen LogP contribution in [0.2, 0.25) is 0 Å². The van der Waals surface area contributed by atoms with E-state index in [4.69, 9.17) is 5.73 Å². The number of hydrogen-bond donors (Lipinski definition) is 2. The number of fused-ring (bicyclic) bond motifs is 2. The topological polar surface area (TPSA) is 96.9 Å². The fourth-order valence-electron chi connectivity index (χ4n) is 5.20. The summed E-state index contributed by atoms with van der Waals surface area (Å²) < 4.78 is 32.1. The van der Waals surface area contributed by atoms with Gasteiger partial charge in [-0.05, 0) is 88.1 Å². The Morgan fingerprint density at radius 2 is 2.03 bits per heavy atom. The van der Waals surface area contributed by atoms with E-state index < -0.39 is 16.6 Å². The molecule has 1 unspecified atom stereocenters. The first-order valence-corrected chi connectivity index (χ1v) is 12.8. The minimum Gasteiger partial charge on any atom is -0.439 e. The first-order chi connectivity index (χ1) is 15.8. The van der Waals surface area contributed by atoms with E-state index in [1.54, 1.807) is 0 Å². The number of nitrogens with zero attached hydrogens (tertiary/aromatic N) is 2. The maximum Gasteiger partial charge on any atom is 0.322 e. The van der Waals surface area contributed by atoms with Crippen LogP contribution in [-0.2, 0) is 34.1 Å². The standard InChI is InChI=1S/C25H32FN4O2S/c1-4-5-7-15-10-11-18-21(15)22(26)16-8-6-9-17(16)23(18)28-24(31)30-33(32)20(14-27)19-12-13-25(2,3)29-19/h5,7,14-15H,4,6,8-13,27H2,1-3H3,(H,28,31)/q-1. The maximum atomic E-state index is 15.4. The zero-order valence-electron chi connectivity index (χ0n) is 19.5. The molecule has 1 aliphatic heterocycles. The predicted molar refractivity (Wildman–Crippen MR) is 131 cm³/mol. The van der Waals surface area contributed by atoms with Crippen molar-refractivity contribution in [2.75, 3.05) is 5.32 Å². The molecule has 1 heterocycles. The van der Waals surface area contributed by atoms with Gasteiger partial charge in [0.25, 0.3) is 0 Å². The fourth-order valence-corrected chi connectivity index (χ4v) is 5.96. The highest BCUT2D eigenvalue weighted by molar-refractivity contribution is 7.80. The van der Waals surface area contributed by atoms with Crippen molar-refractivity contribution in [3.8, 4) is 0 Å². The van der Waals surface area contributed by atoms with Gasteiger partial charge in [0.2, 0.25) is 0 Å². The summed E-state index contributed by atoms with van der Waals surface area (Å²) in [5, 5.41) is 2.87. The lowest BCUT2D eigenvalue weighted by Gasteiger charge is -2.18. The third-order valence-corrected chi connectivity index (χ3v) is 7.84. The summed E-state index contributed by atoms with van der Waals surface area (Å²) in [5.41, 5.74) is 9.87. The number of anilines is 1. The third kappa shape index (κ3) is 4.63. The number of allylic oxidation sites excluding steroid dienone is 3. The highest BCUT2D eigenvalue weighted by atomic mass is 32.2. The molecule has 2 amide bonds. The van der Waals surface area contributed by atoms with Gasteiger partial charge in [0.05, 0.1) is 5.54 Å². The van der Waals surface area contributed by atoms with Crippen LogP contribution < -0.4 is 11.1 Å². The highest BCUT2D eigenvalue weighted by Gasteiger charge is 2.33. The quantitative estimate of drug-likeness (QED) is 0.419. The molecule has 0 saturated heterocycles. The first kappa shape index (κ1) is 23.7.